The predicted octanol–water partition coefficient (Wildman–Crippen LogP) is 4.98. The minimum atomic E-state index is -0.144. The van der Waals surface area contributed by atoms with Crippen molar-refractivity contribution in [2.75, 3.05) is 18.8 Å². The van der Waals surface area contributed by atoms with Crippen LogP contribution in [0.15, 0.2) is 48.0 Å². The number of thiazole rings is 2. The molecule has 1 N–H and O–H groups in total. The van der Waals surface area contributed by atoms with E-state index in [-0.39, 0.29) is 17.2 Å². The van der Waals surface area contributed by atoms with Crippen LogP contribution in [0.1, 0.15) is 31.4 Å². The van der Waals surface area contributed by atoms with Crippen LogP contribution in [-0.2, 0) is 0 Å². The lowest BCUT2D eigenvalue weighted by Gasteiger charge is -2.24. The number of thioether (sulfide) groups is 1. The van der Waals surface area contributed by atoms with Gasteiger partial charge in [0.2, 0.25) is 0 Å². The number of benzene rings is 2. The van der Waals surface area contributed by atoms with Gasteiger partial charge in [-0.1, -0.05) is 35.9 Å². The molecule has 2 amide bonds. The monoisotopic (exact) mass is 494 g/mol. The fourth-order valence-electron chi connectivity index (χ4n) is 3.95. The Morgan fingerprint density at radius 2 is 2.03 bits per heavy atom. The van der Waals surface area contributed by atoms with Crippen molar-refractivity contribution in [3.8, 4) is 10.4 Å². The van der Waals surface area contributed by atoms with Crippen molar-refractivity contribution in [3.05, 3.63) is 69.8 Å². The van der Waals surface area contributed by atoms with Crippen LogP contribution in [0.2, 0.25) is 0 Å². The molecule has 168 valence electrons. The maximum Gasteiger partial charge on any atom is 0.274 e. The van der Waals surface area contributed by atoms with E-state index in [4.69, 9.17) is 0 Å². The SMILES string of the molecule is Cc1cccc(-c2sc(C)nc2C(=O)N2CCSC2CNC(=O)c2cccc3ncsc23)c1. The fourth-order valence-corrected chi connectivity index (χ4v) is 6.82. The van der Waals surface area contributed by atoms with Gasteiger partial charge in [0.1, 0.15) is 5.69 Å². The Hall–Kier alpha value is -2.75. The highest BCUT2D eigenvalue weighted by Crippen LogP contribution is 2.34. The maximum absolute atomic E-state index is 13.5. The number of nitrogens with one attached hydrogen (secondary N) is 1. The standard InChI is InChI=1S/C24H22N4O2S3/c1-14-5-3-6-16(11-14)21-20(27-15(2)33-21)24(30)28-9-10-31-19(28)12-25-23(29)17-7-4-8-18-22(17)32-13-26-18/h3-8,11,13,19H,9-10,12H2,1-2H3,(H,25,29). The molecule has 9 heteroatoms. The van der Waals surface area contributed by atoms with E-state index in [2.05, 4.69) is 21.4 Å². The topological polar surface area (TPSA) is 75.2 Å². The van der Waals surface area contributed by atoms with Crippen molar-refractivity contribution in [3.63, 3.8) is 0 Å². The number of fused-ring (bicyclic) bond motifs is 1. The average molecular weight is 495 g/mol. The third kappa shape index (κ3) is 4.40. The van der Waals surface area contributed by atoms with E-state index in [0.717, 1.165) is 37.0 Å². The summed E-state index contributed by atoms with van der Waals surface area (Å²) in [4.78, 5) is 38.0. The fraction of sp³-hybridized carbons (Fsp3) is 0.250. The van der Waals surface area contributed by atoms with Gasteiger partial charge >= 0.3 is 0 Å². The van der Waals surface area contributed by atoms with Gasteiger partial charge in [0, 0.05) is 18.8 Å². The average Bonchev–Trinajstić information content (AvgIpc) is 3.55. The number of hydrogen-bond acceptors (Lipinski definition) is 7. The van der Waals surface area contributed by atoms with Gasteiger partial charge < -0.3 is 10.2 Å². The molecular weight excluding hydrogens is 472 g/mol. The van der Waals surface area contributed by atoms with Gasteiger partial charge in [-0.2, -0.15) is 0 Å². The second kappa shape index (κ2) is 9.24. The Bertz CT molecular complexity index is 1350. The van der Waals surface area contributed by atoms with Gasteiger partial charge in [-0.15, -0.1) is 34.4 Å². The van der Waals surface area contributed by atoms with E-state index < -0.39 is 0 Å². The molecule has 6 nitrogen and oxygen atoms in total. The maximum atomic E-state index is 13.5. The summed E-state index contributed by atoms with van der Waals surface area (Å²) in [5, 5.41) is 3.76. The molecule has 3 heterocycles. The molecule has 1 unspecified atom stereocenters. The second-order valence-corrected chi connectivity index (χ2v) is 11.2. The zero-order valence-corrected chi connectivity index (χ0v) is 20.6. The summed E-state index contributed by atoms with van der Waals surface area (Å²) in [7, 11) is 0. The van der Waals surface area contributed by atoms with E-state index >= 15 is 0 Å². The van der Waals surface area contributed by atoms with Crippen molar-refractivity contribution < 1.29 is 9.59 Å². The molecule has 1 aliphatic heterocycles. The Morgan fingerprint density at radius 1 is 1.18 bits per heavy atom. The first-order valence-corrected chi connectivity index (χ1v) is 13.3. The molecule has 2 aromatic carbocycles. The van der Waals surface area contributed by atoms with Crippen molar-refractivity contribution in [2.24, 2.45) is 0 Å². The third-order valence-corrected chi connectivity index (χ3v) is 8.63. The van der Waals surface area contributed by atoms with Crippen LogP contribution in [0, 0.1) is 13.8 Å². The second-order valence-electron chi connectivity index (χ2n) is 7.82. The van der Waals surface area contributed by atoms with Crippen LogP contribution < -0.4 is 5.32 Å². The highest BCUT2D eigenvalue weighted by molar-refractivity contribution is 8.00. The lowest BCUT2D eigenvalue weighted by molar-refractivity contribution is 0.0747. The third-order valence-electron chi connectivity index (χ3n) is 5.51. The summed E-state index contributed by atoms with van der Waals surface area (Å²) in [6.45, 7) is 4.99. The van der Waals surface area contributed by atoms with Crippen molar-refractivity contribution in [2.45, 2.75) is 19.2 Å². The highest BCUT2D eigenvalue weighted by atomic mass is 32.2. The summed E-state index contributed by atoms with van der Waals surface area (Å²) >= 11 is 4.68. The van der Waals surface area contributed by atoms with Gasteiger partial charge in [-0.25, -0.2) is 9.97 Å². The first-order chi connectivity index (χ1) is 16.0. The normalized spacial score (nSPS) is 15.8. The number of rotatable bonds is 5. The summed E-state index contributed by atoms with van der Waals surface area (Å²) in [6.07, 6.45) is 0. The van der Waals surface area contributed by atoms with Crippen LogP contribution >= 0.6 is 34.4 Å². The molecule has 2 aromatic heterocycles. The molecule has 5 rings (SSSR count). The largest absolute Gasteiger partial charge is 0.349 e. The Morgan fingerprint density at radius 3 is 2.88 bits per heavy atom. The van der Waals surface area contributed by atoms with Gasteiger partial charge in [-0.05, 0) is 31.5 Å². The molecule has 1 saturated heterocycles. The van der Waals surface area contributed by atoms with Gasteiger partial charge in [0.25, 0.3) is 11.8 Å². The predicted molar refractivity (Wildman–Crippen MR) is 136 cm³/mol. The van der Waals surface area contributed by atoms with Crippen molar-refractivity contribution in [1.29, 1.82) is 0 Å². The summed E-state index contributed by atoms with van der Waals surface area (Å²) in [5.74, 6) is 0.610. The number of amides is 2. The minimum absolute atomic E-state index is 0.0790. The lowest BCUT2D eigenvalue weighted by Crippen LogP contribution is -2.42. The van der Waals surface area contributed by atoms with E-state index in [1.54, 1.807) is 28.6 Å². The van der Waals surface area contributed by atoms with Gasteiger partial charge in [0.15, 0.2) is 0 Å². The quantitative estimate of drug-likeness (QED) is 0.423. The van der Waals surface area contributed by atoms with Crippen LogP contribution in [0.3, 0.4) is 0 Å². The summed E-state index contributed by atoms with van der Waals surface area (Å²) < 4.78 is 0.878. The number of aryl methyl sites for hydroxylation is 2. The minimum Gasteiger partial charge on any atom is -0.349 e. The molecule has 1 aliphatic rings. The molecule has 0 radical (unpaired) electrons. The molecular formula is C24H22N4O2S3. The molecule has 0 spiro atoms. The molecule has 0 bridgehead atoms. The van der Waals surface area contributed by atoms with E-state index in [1.165, 1.54) is 11.3 Å². The number of hydrogen-bond donors (Lipinski definition) is 1. The van der Waals surface area contributed by atoms with Crippen LogP contribution in [-0.4, -0.2) is 50.9 Å². The van der Waals surface area contributed by atoms with Gasteiger partial charge in [0.05, 0.1) is 36.5 Å². The zero-order chi connectivity index (χ0) is 22.9. The Labute approximate surface area is 204 Å². The van der Waals surface area contributed by atoms with Crippen LogP contribution in [0.5, 0.6) is 0 Å². The molecule has 33 heavy (non-hydrogen) atoms. The number of nitrogens with zero attached hydrogens (tertiary/aromatic N) is 3. The van der Waals surface area contributed by atoms with E-state index in [9.17, 15) is 9.59 Å². The van der Waals surface area contributed by atoms with E-state index in [0.29, 0.717) is 24.3 Å². The highest BCUT2D eigenvalue weighted by Gasteiger charge is 2.33. The van der Waals surface area contributed by atoms with Crippen molar-refractivity contribution in [1.82, 2.24) is 20.2 Å². The Kier molecular flexibility index (Phi) is 6.18. The van der Waals surface area contributed by atoms with E-state index in [1.807, 2.05) is 55.1 Å². The molecule has 1 fully saturated rings. The first kappa shape index (κ1) is 22.1. The lowest BCUT2D eigenvalue weighted by atomic mass is 10.1. The van der Waals surface area contributed by atoms with Crippen LogP contribution in [0.4, 0.5) is 0 Å². The smallest absolute Gasteiger partial charge is 0.274 e. The van der Waals surface area contributed by atoms with Gasteiger partial charge in [-0.3, -0.25) is 9.59 Å². The first-order valence-electron chi connectivity index (χ1n) is 10.6. The number of carbonyl (C=O) groups is 2. The molecule has 0 aliphatic carbocycles. The zero-order valence-electron chi connectivity index (χ0n) is 18.2. The summed E-state index contributed by atoms with van der Waals surface area (Å²) in [5.41, 5.74) is 5.84. The number of carbonyl (C=O) groups excluding carboxylic acids is 2. The van der Waals surface area contributed by atoms with Crippen LogP contribution in [0.25, 0.3) is 20.7 Å². The molecule has 4 aromatic rings. The Balaban J connectivity index is 1.34. The molecule has 1 atom stereocenters. The van der Waals surface area contributed by atoms with Crippen molar-refractivity contribution >= 4 is 56.5 Å². The number of aromatic nitrogens is 2. The molecule has 0 saturated carbocycles. The summed E-state index contributed by atoms with van der Waals surface area (Å²) in [6, 6.07) is 13.7.